The number of ketones is 1. The van der Waals surface area contributed by atoms with Gasteiger partial charge in [0.1, 0.15) is 10.7 Å². The summed E-state index contributed by atoms with van der Waals surface area (Å²) in [7, 11) is 0. The van der Waals surface area contributed by atoms with Gasteiger partial charge in [0.2, 0.25) is 0 Å². The van der Waals surface area contributed by atoms with Crippen LogP contribution in [0.15, 0.2) is 83.5 Å². The zero-order valence-electron chi connectivity index (χ0n) is 17.8. The molecule has 34 heavy (non-hydrogen) atoms. The summed E-state index contributed by atoms with van der Waals surface area (Å²) in [6.07, 6.45) is 0. The lowest BCUT2D eigenvalue weighted by Gasteiger charge is -2.15. The normalized spacial score (nSPS) is 13.3. The van der Waals surface area contributed by atoms with E-state index in [4.69, 9.17) is 23.2 Å². The molecule has 7 nitrogen and oxygen atoms in total. The van der Waals surface area contributed by atoms with Gasteiger partial charge in [0.25, 0.3) is 17.7 Å². The maximum Gasteiger partial charge on any atom is 0.283 e. The van der Waals surface area contributed by atoms with Crippen molar-refractivity contribution in [1.29, 1.82) is 0 Å². The molecule has 3 aromatic rings. The van der Waals surface area contributed by atoms with Crippen LogP contribution in [0.25, 0.3) is 0 Å². The molecule has 0 fully saturated rings. The molecule has 0 spiro atoms. The highest BCUT2D eigenvalue weighted by molar-refractivity contribution is 6.53. The van der Waals surface area contributed by atoms with E-state index in [-0.39, 0.29) is 22.4 Å². The van der Waals surface area contributed by atoms with E-state index in [2.05, 4.69) is 10.6 Å². The Balaban J connectivity index is 1.46. The van der Waals surface area contributed by atoms with E-state index in [1.54, 1.807) is 66.7 Å². The number of amides is 3. The smallest absolute Gasteiger partial charge is 0.283 e. The van der Waals surface area contributed by atoms with Gasteiger partial charge in [-0.15, -0.1) is 0 Å². The van der Waals surface area contributed by atoms with E-state index in [9.17, 15) is 19.2 Å². The van der Waals surface area contributed by atoms with Crippen LogP contribution in [-0.4, -0.2) is 23.5 Å². The molecule has 3 amide bonds. The maximum atomic E-state index is 12.9. The van der Waals surface area contributed by atoms with Crippen molar-refractivity contribution < 1.29 is 19.2 Å². The fraction of sp³-hybridized carbons (Fsp3) is 0.0400. The van der Waals surface area contributed by atoms with Crippen molar-refractivity contribution in [1.82, 2.24) is 0 Å². The van der Waals surface area contributed by atoms with Crippen molar-refractivity contribution in [2.24, 2.45) is 0 Å². The zero-order chi connectivity index (χ0) is 24.4. The molecular weight excluding hydrogens is 477 g/mol. The number of nitrogens with one attached hydrogen (secondary N) is 2. The van der Waals surface area contributed by atoms with Crippen molar-refractivity contribution >= 4 is 63.8 Å². The van der Waals surface area contributed by atoms with Crippen LogP contribution < -0.4 is 15.5 Å². The Morgan fingerprint density at radius 3 is 2.03 bits per heavy atom. The van der Waals surface area contributed by atoms with Crippen molar-refractivity contribution in [3.63, 3.8) is 0 Å². The summed E-state index contributed by atoms with van der Waals surface area (Å²) in [5.41, 5.74) is 2.16. The molecule has 0 aliphatic carbocycles. The van der Waals surface area contributed by atoms with Gasteiger partial charge >= 0.3 is 0 Å². The van der Waals surface area contributed by atoms with Gasteiger partial charge in [-0.3, -0.25) is 19.2 Å². The second kappa shape index (κ2) is 9.51. The number of carbonyl (C=O) groups is 4. The first-order valence-electron chi connectivity index (χ1n) is 10.1. The van der Waals surface area contributed by atoms with Crippen molar-refractivity contribution in [3.05, 3.63) is 99.7 Å². The van der Waals surface area contributed by atoms with E-state index in [0.717, 1.165) is 4.90 Å². The minimum Gasteiger partial charge on any atom is -0.350 e. The summed E-state index contributed by atoms with van der Waals surface area (Å²) in [6, 6.07) is 19.2. The first-order chi connectivity index (χ1) is 16.2. The van der Waals surface area contributed by atoms with Gasteiger partial charge in [-0.05, 0) is 73.7 Å². The van der Waals surface area contributed by atoms with E-state index in [0.29, 0.717) is 33.2 Å². The molecule has 1 aliphatic heterocycles. The Bertz CT molecular complexity index is 1350. The molecule has 9 heteroatoms. The monoisotopic (exact) mass is 493 g/mol. The molecule has 0 saturated heterocycles. The van der Waals surface area contributed by atoms with Crippen LogP contribution in [0.5, 0.6) is 0 Å². The number of anilines is 3. The molecule has 1 aliphatic rings. The third kappa shape index (κ3) is 4.71. The Hall–Kier alpha value is -3.94. The summed E-state index contributed by atoms with van der Waals surface area (Å²) in [4.78, 5) is 50.2. The molecular formula is C25H17Cl2N3O4. The average molecular weight is 494 g/mol. The Morgan fingerprint density at radius 2 is 1.41 bits per heavy atom. The largest absolute Gasteiger partial charge is 0.350 e. The number of hydrogen-bond acceptors (Lipinski definition) is 5. The third-order valence-electron chi connectivity index (χ3n) is 5.06. The molecule has 0 radical (unpaired) electrons. The molecule has 0 bridgehead atoms. The van der Waals surface area contributed by atoms with Gasteiger partial charge in [0.05, 0.1) is 5.69 Å². The molecule has 1 heterocycles. The van der Waals surface area contributed by atoms with Gasteiger partial charge < -0.3 is 10.6 Å². The van der Waals surface area contributed by atoms with Crippen LogP contribution in [0.3, 0.4) is 0 Å². The Morgan fingerprint density at radius 1 is 0.794 bits per heavy atom. The van der Waals surface area contributed by atoms with Crippen molar-refractivity contribution in [2.45, 2.75) is 6.92 Å². The lowest BCUT2D eigenvalue weighted by atomic mass is 10.1. The number of carbonyl (C=O) groups excluding carboxylic acids is 4. The van der Waals surface area contributed by atoms with Crippen LogP contribution in [0, 0.1) is 0 Å². The number of halogens is 2. The van der Waals surface area contributed by atoms with Crippen molar-refractivity contribution in [2.75, 3.05) is 15.5 Å². The first kappa shape index (κ1) is 23.2. The summed E-state index contributed by atoms with van der Waals surface area (Å²) in [6.45, 7) is 1.47. The van der Waals surface area contributed by atoms with Crippen LogP contribution in [0.2, 0.25) is 5.02 Å². The number of rotatable bonds is 6. The minimum atomic E-state index is -0.664. The predicted molar refractivity (Wildman–Crippen MR) is 131 cm³/mol. The molecule has 0 atom stereocenters. The zero-order valence-corrected chi connectivity index (χ0v) is 19.3. The molecule has 0 unspecified atom stereocenters. The second-order valence-corrected chi connectivity index (χ2v) is 8.22. The van der Waals surface area contributed by atoms with E-state index >= 15 is 0 Å². The van der Waals surface area contributed by atoms with Crippen LogP contribution in [0.4, 0.5) is 17.1 Å². The molecule has 4 rings (SSSR count). The van der Waals surface area contributed by atoms with E-state index in [1.807, 2.05) is 0 Å². The number of hydrogen-bond donors (Lipinski definition) is 2. The second-order valence-electron chi connectivity index (χ2n) is 7.40. The first-order valence-corrected chi connectivity index (χ1v) is 10.8. The highest BCUT2D eigenvalue weighted by atomic mass is 35.5. The standard InChI is InChI=1S/C25H17Cl2N3O4/c1-14(31)15-5-9-19(10-6-15)29-23(32)16-7-11-18(12-8-16)28-22-21(27)24(33)30(25(22)34)20-4-2-3-17(26)13-20/h2-13,28H,1H3,(H,29,32). The lowest BCUT2D eigenvalue weighted by molar-refractivity contribution is -0.120. The van der Waals surface area contributed by atoms with Crippen LogP contribution in [-0.2, 0) is 9.59 Å². The Labute approximate surface area is 205 Å². The summed E-state index contributed by atoms with van der Waals surface area (Å²) in [5.74, 6) is -1.69. The predicted octanol–water partition coefficient (Wildman–Crippen LogP) is 5.23. The summed E-state index contributed by atoms with van der Waals surface area (Å²) >= 11 is 12.1. The SMILES string of the molecule is CC(=O)c1ccc(NC(=O)c2ccc(NC3=C(Cl)C(=O)N(c4cccc(Cl)c4)C3=O)cc2)cc1. The molecule has 3 aromatic carbocycles. The molecule has 2 N–H and O–H groups in total. The third-order valence-corrected chi connectivity index (χ3v) is 5.65. The van der Waals surface area contributed by atoms with Gasteiger partial charge in [0, 0.05) is 27.5 Å². The van der Waals surface area contributed by atoms with Gasteiger partial charge in [-0.25, -0.2) is 4.90 Å². The fourth-order valence-electron chi connectivity index (χ4n) is 3.30. The lowest BCUT2D eigenvalue weighted by Crippen LogP contribution is -2.32. The minimum absolute atomic E-state index is 0.0608. The highest BCUT2D eigenvalue weighted by Crippen LogP contribution is 2.31. The maximum absolute atomic E-state index is 12.9. The average Bonchev–Trinajstić information content (AvgIpc) is 3.03. The number of nitrogens with zero attached hydrogens (tertiary/aromatic N) is 1. The molecule has 170 valence electrons. The number of benzene rings is 3. The van der Waals surface area contributed by atoms with Crippen LogP contribution in [0.1, 0.15) is 27.6 Å². The quantitative estimate of drug-likeness (QED) is 0.362. The van der Waals surface area contributed by atoms with Crippen LogP contribution >= 0.6 is 23.2 Å². The van der Waals surface area contributed by atoms with E-state index in [1.165, 1.54) is 13.0 Å². The number of Topliss-reactive ketones (excluding diaryl/α,β-unsaturated/α-hetero) is 1. The Kier molecular flexibility index (Phi) is 6.49. The van der Waals surface area contributed by atoms with Gasteiger partial charge in [-0.2, -0.15) is 0 Å². The van der Waals surface area contributed by atoms with Gasteiger partial charge in [0.15, 0.2) is 5.78 Å². The fourth-order valence-corrected chi connectivity index (χ4v) is 3.70. The van der Waals surface area contributed by atoms with Crippen molar-refractivity contribution in [3.8, 4) is 0 Å². The summed E-state index contributed by atoms with van der Waals surface area (Å²) in [5, 5.41) is 5.73. The van der Waals surface area contributed by atoms with Gasteiger partial charge in [-0.1, -0.05) is 29.3 Å². The molecule has 0 aromatic heterocycles. The topological polar surface area (TPSA) is 95.6 Å². The molecule has 0 saturated carbocycles. The number of imide groups is 1. The highest BCUT2D eigenvalue weighted by Gasteiger charge is 2.39. The van der Waals surface area contributed by atoms with E-state index < -0.39 is 11.8 Å². The summed E-state index contributed by atoms with van der Waals surface area (Å²) < 4.78 is 0.